The summed E-state index contributed by atoms with van der Waals surface area (Å²) in [4.78, 5) is 39.8. The van der Waals surface area contributed by atoms with E-state index >= 15 is 0 Å². The summed E-state index contributed by atoms with van der Waals surface area (Å²) in [5.41, 5.74) is 2.13. The average Bonchev–Trinajstić information content (AvgIpc) is 3.11. The van der Waals surface area contributed by atoms with Crippen molar-refractivity contribution in [1.29, 1.82) is 0 Å². The number of carbonyl (C=O) groups excluding carboxylic acids is 3. The third-order valence-corrected chi connectivity index (χ3v) is 7.34. The maximum atomic E-state index is 12.8. The van der Waals surface area contributed by atoms with Gasteiger partial charge in [0, 0.05) is 26.2 Å². The first-order valence-corrected chi connectivity index (χ1v) is 13.5. The van der Waals surface area contributed by atoms with Crippen LogP contribution in [0.1, 0.15) is 11.1 Å². The normalized spacial score (nSPS) is 14.4. The molecule has 3 amide bonds. The molecule has 1 saturated heterocycles. The van der Waals surface area contributed by atoms with Crippen LogP contribution in [-0.4, -0.2) is 34.8 Å². The van der Waals surface area contributed by atoms with E-state index in [1.807, 2.05) is 24.5 Å². The highest BCUT2D eigenvalue weighted by Crippen LogP contribution is 2.32. The Bertz CT molecular complexity index is 1350. The number of imide groups is 1. The molecule has 6 nitrogen and oxygen atoms in total. The molecular formula is C26H20Cl2N2O4S2. The van der Waals surface area contributed by atoms with Crippen LogP contribution in [0.15, 0.2) is 76.5 Å². The molecule has 1 aliphatic heterocycles. The molecule has 0 aliphatic carbocycles. The molecule has 1 N–H and O–H groups in total. The van der Waals surface area contributed by atoms with E-state index in [0.29, 0.717) is 21.5 Å². The maximum absolute atomic E-state index is 12.8. The van der Waals surface area contributed by atoms with Gasteiger partial charge in [-0.2, -0.15) is 0 Å². The zero-order valence-corrected chi connectivity index (χ0v) is 22.1. The van der Waals surface area contributed by atoms with Crippen LogP contribution >= 0.6 is 46.7 Å². The zero-order chi connectivity index (χ0) is 25.7. The lowest BCUT2D eigenvalue weighted by Gasteiger charge is -2.12. The Kier molecular flexibility index (Phi) is 8.64. The molecule has 36 heavy (non-hydrogen) atoms. The summed E-state index contributed by atoms with van der Waals surface area (Å²) in [5.74, 6) is -0.330. The number of nitrogens with zero attached hydrogens (tertiary/aromatic N) is 1. The van der Waals surface area contributed by atoms with Crippen LogP contribution in [0.4, 0.5) is 10.5 Å². The first-order valence-electron chi connectivity index (χ1n) is 10.7. The van der Waals surface area contributed by atoms with E-state index in [0.717, 1.165) is 32.7 Å². The Morgan fingerprint density at radius 1 is 1.08 bits per heavy atom. The lowest BCUT2D eigenvalue weighted by molar-refractivity contribution is -0.127. The van der Waals surface area contributed by atoms with Crippen LogP contribution in [0.5, 0.6) is 5.75 Å². The maximum Gasteiger partial charge on any atom is 0.294 e. The fraction of sp³-hybridized carbons (Fsp3) is 0.115. The van der Waals surface area contributed by atoms with E-state index in [-0.39, 0.29) is 18.1 Å². The van der Waals surface area contributed by atoms with E-state index in [4.69, 9.17) is 27.9 Å². The number of amides is 3. The summed E-state index contributed by atoms with van der Waals surface area (Å²) in [5, 5.41) is 3.32. The summed E-state index contributed by atoms with van der Waals surface area (Å²) in [7, 11) is 0. The van der Waals surface area contributed by atoms with Crippen molar-refractivity contribution in [3.05, 3.63) is 92.8 Å². The predicted octanol–water partition coefficient (Wildman–Crippen LogP) is 6.97. The van der Waals surface area contributed by atoms with Gasteiger partial charge >= 0.3 is 0 Å². The van der Waals surface area contributed by atoms with Gasteiger partial charge in [0.1, 0.15) is 18.9 Å². The third kappa shape index (κ3) is 6.64. The fourth-order valence-electron chi connectivity index (χ4n) is 3.29. The van der Waals surface area contributed by atoms with Crippen LogP contribution in [0, 0.1) is 0 Å². The summed E-state index contributed by atoms with van der Waals surface area (Å²) in [6.45, 7) is -0.0799. The first kappa shape index (κ1) is 26.2. The van der Waals surface area contributed by atoms with Gasteiger partial charge in [0.2, 0.25) is 5.91 Å². The molecule has 3 aromatic rings. The molecule has 0 atom stereocenters. The minimum absolute atomic E-state index is 0.249. The van der Waals surface area contributed by atoms with Gasteiger partial charge in [-0.25, -0.2) is 0 Å². The summed E-state index contributed by atoms with van der Waals surface area (Å²) >= 11 is 14.4. The summed E-state index contributed by atoms with van der Waals surface area (Å²) < 4.78 is 5.77. The number of ether oxygens (including phenoxy) is 1. The summed E-state index contributed by atoms with van der Waals surface area (Å²) in [6.07, 6.45) is 3.55. The molecule has 1 aliphatic rings. The van der Waals surface area contributed by atoms with Crippen molar-refractivity contribution in [2.75, 3.05) is 18.1 Å². The number of anilines is 1. The third-order valence-electron chi connectivity index (χ3n) is 5.12. The van der Waals surface area contributed by atoms with Gasteiger partial charge in [-0.1, -0.05) is 47.5 Å². The molecule has 0 saturated carbocycles. The number of thioether (sulfide) groups is 2. The quantitative estimate of drug-likeness (QED) is 0.237. The van der Waals surface area contributed by atoms with Crippen molar-refractivity contribution < 1.29 is 19.1 Å². The minimum atomic E-state index is -0.504. The van der Waals surface area contributed by atoms with Crippen molar-refractivity contribution in [2.24, 2.45) is 0 Å². The second kappa shape index (κ2) is 11.9. The van der Waals surface area contributed by atoms with E-state index in [1.54, 1.807) is 66.4 Å². The SMILES string of the molecule is CSc1cccc(NC(=O)CN2C(=O)S/C(=C/c3ccc(OCc4ccc(Cl)cc4Cl)cc3)C2=O)c1. The van der Waals surface area contributed by atoms with Crippen LogP contribution in [0.25, 0.3) is 6.08 Å². The first-order chi connectivity index (χ1) is 17.3. The Labute approximate surface area is 227 Å². The molecule has 0 bridgehead atoms. The fourth-order valence-corrected chi connectivity index (χ4v) is 5.05. The van der Waals surface area contributed by atoms with Gasteiger partial charge in [-0.3, -0.25) is 19.3 Å². The van der Waals surface area contributed by atoms with E-state index in [9.17, 15) is 14.4 Å². The predicted molar refractivity (Wildman–Crippen MR) is 147 cm³/mol. The van der Waals surface area contributed by atoms with Crippen LogP contribution in [-0.2, 0) is 16.2 Å². The van der Waals surface area contributed by atoms with Gasteiger partial charge in [0.05, 0.1) is 4.91 Å². The molecular weight excluding hydrogens is 539 g/mol. The molecule has 1 fully saturated rings. The van der Waals surface area contributed by atoms with E-state index in [1.165, 1.54) is 0 Å². The van der Waals surface area contributed by atoms with Crippen LogP contribution < -0.4 is 10.1 Å². The number of rotatable bonds is 8. The number of hydrogen-bond acceptors (Lipinski definition) is 6. The molecule has 0 radical (unpaired) electrons. The Morgan fingerprint density at radius 3 is 2.58 bits per heavy atom. The van der Waals surface area contributed by atoms with Gasteiger partial charge < -0.3 is 10.1 Å². The Balaban J connectivity index is 1.36. The standard InChI is InChI=1S/C26H20Cl2N2O4S2/c1-35-21-4-2-3-19(13-21)29-24(31)14-30-25(32)23(36-26(30)33)11-16-5-9-20(10-6-16)34-15-17-7-8-18(27)12-22(17)28/h2-13H,14-15H2,1H3,(H,29,31)/b23-11+. The molecule has 4 rings (SSSR count). The van der Waals surface area contributed by atoms with Crippen molar-refractivity contribution >= 4 is 75.5 Å². The van der Waals surface area contributed by atoms with E-state index in [2.05, 4.69) is 5.32 Å². The topological polar surface area (TPSA) is 75.7 Å². The molecule has 0 spiro atoms. The number of hydrogen-bond donors (Lipinski definition) is 1. The smallest absolute Gasteiger partial charge is 0.294 e. The van der Waals surface area contributed by atoms with E-state index < -0.39 is 17.1 Å². The largest absolute Gasteiger partial charge is 0.489 e. The van der Waals surface area contributed by atoms with Crippen molar-refractivity contribution in [1.82, 2.24) is 4.90 Å². The zero-order valence-electron chi connectivity index (χ0n) is 19.0. The number of nitrogens with one attached hydrogen (secondary N) is 1. The molecule has 10 heteroatoms. The van der Waals surface area contributed by atoms with Crippen LogP contribution in [0.2, 0.25) is 10.0 Å². The second-order valence-electron chi connectivity index (χ2n) is 7.64. The van der Waals surface area contributed by atoms with Gasteiger partial charge in [0.15, 0.2) is 0 Å². The van der Waals surface area contributed by atoms with Gasteiger partial charge in [-0.15, -0.1) is 11.8 Å². The molecule has 3 aromatic carbocycles. The van der Waals surface area contributed by atoms with Crippen LogP contribution in [0.3, 0.4) is 0 Å². The monoisotopic (exact) mass is 558 g/mol. The highest BCUT2D eigenvalue weighted by molar-refractivity contribution is 8.18. The van der Waals surface area contributed by atoms with Gasteiger partial charge in [0.25, 0.3) is 11.1 Å². The highest BCUT2D eigenvalue weighted by Gasteiger charge is 2.36. The average molecular weight is 559 g/mol. The molecule has 1 heterocycles. The lowest BCUT2D eigenvalue weighted by Crippen LogP contribution is -2.36. The van der Waals surface area contributed by atoms with Crippen molar-refractivity contribution in [3.8, 4) is 5.75 Å². The number of carbonyl (C=O) groups is 3. The number of benzene rings is 3. The Hall–Kier alpha value is -2.91. The van der Waals surface area contributed by atoms with Crippen molar-refractivity contribution in [2.45, 2.75) is 11.5 Å². The molecule has 184 valence electrons. The second-order valence-corrected chi connectivity index (χ2v) is 10.4. The van der Waals surface area contributed by atoms with Crippen molar-refractivity contribution in [3.63, 3.8) is 0 Å². The highest BCUT2D eigenvalue weighted by atomic mass is 35.5. The minimum Gasteiger partial charge on any atom is -0.489 e. The summed E-state index contributed by atoms with van der Waals surface area (Å²) in [6, 6.07) is 19.6. The molecule has 0 aromatic heterocycles. The van der Waals surface area contributed by atoms with Gasteiger partial charge in [-0.05, 0) is 72.1 Å². The Morgan fingerprint density at radius 2 is 1.86 bits per heavy atom. The number of halogens is 2. The lowest BCUT2D eigenvalue weighted by atomic mass is 10.2. The molecule has 0 unspecified atom stereocenters.